The average Bonchev–Trinajstić information content (AvgIpc) is 2.97. The van der Waals surface area contributed by atoms with Crippen molar-refractivity contribution < 1.29 is 19.7 Å². The molecule has 4 N–H and O–H groups in total. The highest BCUT2D eigenvalue weighted by molar-refractivity contribution is 5.69. The number of carboxylic acid groups (broad SMARTS) is 1. The van der Waals surface area contributed by atoms with Gasteiger partial charge in [-0.2, -0.15) is 5.26 Å². The molecule has 0 saturated carbocycles. The van der Waals surface area contributed by atoms with Crippen LogP contribution in [0.1, 0.15) is 39.8 Å². The van der Waals surface area contributed by atoms with E-state index in [-0.39, 0.29) is 19.6 Å². The Morgan fingerprint density at radius 1 is 1.02 bits per heavy atom. The molecule has 41 heavy (non-hydrogen) atoms. The van der Waals surface area contributed by atoms with E-state index >= 15 is 0 Å². The van der Waals surface area contributed by atoms with Crippen molar-refractivity contribution in [1.82, 2.24) is 10.3 Å². The van der Waals surface area contributed by atoms with Gasteiger partial charge in [-0.25, -0.2) is 0 Å². The highest BCUT2D eigenvalue weighted by Gasteiger charge is 2.13. The summed E-state index contributed by atoms with van der Waals surface area (Å²) in [6, 6.07) is 24.5. The zero-order chi connectivity index (χ0) is 29.2. The third-order valence-electron chi connectivity index (χ3n) is 6.83. The van der Waals surface area contributed by atoms with Gasteiger partial charge in [0.05, 0.1) is 18.1 Å². The second kappa shape index (κ2) is 14.1. The van der Waals surface area contributed by atoms with Gasteiger partial charge in [-0.05, 0) is 53.8 Å². The Balaban J connectivity index is 1.54. The summed E-state index contributed by atoms with van der Waals surface area (Å²) in [6.45, 7) is 5.51. The molecule has 0 aliphatic heterocycles. The van der Waals surface area contributed by atoms with Gasteiger partial charge in [0.15, 0.2) is 0 Å². The number of aliphatic carboxylic acids is 1. The summed E-state index contributed by atoms with van der Waals surface area (Å²) in [4.78, 5) is 15.0. The SMILES string of the molecule is Cc1cc(CNC[C@@H](O)CC(=O)O)c(OCc2cncc(C#N)c2)cc1NCc1cccc(-c2ccccc2)c1C. The Morgan fingerprint density at radius 3 is 2.59 bits per heavy atom. The van der Waals surface area contributed by atoms with Crippen LogP contribution < -0.4 is 15.4 Å². The number of aliphatic hydroxyl groups is 1. The predicted molar refractivity (Wildman–Crippen MR) is 158 cm³/mol. The van der Waals surface area contributed by atoms with Crippen LogP contribution in [0.5, 0.6) is 5.75 Å². The Bertz CT molecular complexity index is 1530. The van der Waals surface area contributed by atoms with Crippen LogP contribution in [0.3, 0.4) is 0 Å². The lowest BCUT2D eigenvalue weighted by molar-refractivity contribution is -0.139. The van der Waals surface area contributed by atoms with Crippen molar-refractivity contribution in [1.29, 1.82) is 5.26 Å². The van der Waals surface area contributed by atoms with Crippen LogP contribution in [0, 0.1) is 25.2 Å². The highest BCUT2D eigenvalue weighted by Crippen LogP contribution is 2.30. The summed E-state index contributed by atoms with van der Waals surface area (Å²) in [5.74, 6) is -0.414. The first-order valence-electron chi connectivity index (χ1n) is 13.4. The summed E-state index contributed by atoms with van der Waals surface area (Å²) in [7, 11) is 0. The standard InChI is InChI=1S/C33H34N4O4/c1-22-11-28(18-36-20-29(38)13-33(39)40)32(41-21-25-12-24(15-34)16-35-17-25)14-31(22)37-19-27-9-6-10-30(23(27)2)26-7-4-3-5-8-26/h3-12,14,16-17,29,36-38H,13,18-21H2,1-2H3,(H,39,40)/t29-/m0/s1. The lowest BCUT2D eigenvalue weighted by Gasteiger charge is -2.19. The third kappa shape index (κ3) is 8.15. The monoisotopic (exact) mass is 550 g/mol. The largest absolute Gasteiger partial charge is 0.488 e. The van der Waals surface area contributed by atoms with Crippen LogP contribution >= 0.6 is 0 Å². The van der Waals surface area contributed by atoms with Crippen LogP contribution in [-0.4, -0.2) is 33.8 Å². The first kappa shape index (κ1) is 29.3. The van der Waals surface area contributed by atoms with Crippen molar-refractivity contribution in [3.63, 3.8) is 0 Å². The number of ether oxygens (including phenoxy) is 1. The molecule has 0 bridgehead atoms. The van der Waals surface area contributed by atoms with Crippen molar-refractivity contribution in [2.75, 3.05) is 11.9 Å². The summed E-state index contributed by atoms with van der Waals surface area (Å²) in [5, 5.41) is 34.8. The first-order chi connectivity index (χ1) is 19.8. The fourth-order valence-corrected chi connectivity index (χ4v) is 4.64. The van der Waals surface area contributed by atoms with Crippen molar-refractivity contribution in [3.8, 4) is 22.9 Å². The maximum absolute atomic E-state index is 10.9. The minimum atomic E-state index is -1.05. The number of aryl methyl sites for hydroxylation is 1. The van der Waals surface area contributed by atoms with Gasteiger partial charge < -0.3 is 25.6 Å². The van der Waals surface area contributed by atoms with E-state index in [0.717, 1.165) is 22.4 Å². The van der Waals surface area contributed by atoms with E-state index < -0.39 is 12.1 Å². The van der Waals surface area contributed by atoms with Gasteiger partial charge >= 0.3 is 5.97 Å². The van der Waals surface area contributed by atoms with E-state index in [0.29, 0.717) is 24.4 Å². The number of anilines is 1. The molecular weight excluding hydrogens is 516 g/mol. The molecule has 0 fully saturated rings. The molecule has 0 unspecified atom stereocenters. The van der Waals surface area contributed by atoms with Crippen molar-refractivity contribution >= 4 is 11.7 Å². The van der Waals surface area contributed by atoms with E-state index in [1.807, 2.05) is 37.3 Å². The summed E-state index contributed by atoms with van der Waals surface area (Å²) in [5.41, 5.74) is 8.81. The topological polar surface area (TPSA) is 128 Å². The van der Waals surface area contributed by atoms with Gasteiger partial charge in [-0.3, -0.25) is 9.78 Å². The number of aliphatic hydroxyl groups excluding tert-OH is 1. The number of carbonyl (C=O) groups is 1. The van der Waals surface area contributed by atoms with Crippen LogP contribution in [0.4, 0.5) is 5.69 Å². The highest BCUT2D eigenvalue weighted by atomic mass is 16.5. The number of rotatable bonds is 13. The number of aromatic nitrogens is 1. The molecule has 4 rings (SSSR count). The molecule has 0 amide bonds. The molecule has 1 heterocycles. The zero-order valence-corrected chi connectivity index (χ0v) is 23.2. The number of nitriles is 1. The number of nitrogens with one attached hydrogen (secondary N) is 2. The van der Waals surface area contributed by atoms with Gasteiger partial charge in [0.1, 0.15) is 18.4 Å². The molecule has 0 radical (unpaired) electrons. The van der Waals surface area contributed by atoms with Crippen LogP contribution in [0.2, 0.25) is 0 Å². The first-order valence-corrected chi connectivity index (χ1v) is 13.4. The molecule has 0 spiro atoms. The molecule has 1 atom stereocenters. The van der Waals surface area contributed by atoms with Gasteiger partial charge in [0.25, 0.3) is 0 Å². The van der Waals surface area contributed by atoms with Gasteiger partial charge in [0, 0.05) is 54.9 Å². The number of hydrogen-bond donors (Lipinski definition) is 4. The quantitative estimate of drug-likeness (QED) is 0.175. The molecule has 4 aromatic rings. The molecule has 3 aromatic carbocycles. The summed E-state index contributed by atoms with van der Waals surface area (Å²) >= 11 is 0. The van der Waals surface area contributed by atoms with Crippen molar-refractivity contribution in [3.05, 3.63) is 113 Å². The van der Waals surface area contributed by atoms with Gasteiger partial charge in [-0.15, -0.1) is 0 Å². The molecule has 1 aromatic heterocycles. The number of benzene rings is 3. The Morgan fingerprint density at radius 2 is 1.83 bits per heavy atom. The maximum atomic E-state index is 10.9. The molecule has 8 nitrogen and oxygen atoms in total. The van der Waals surface area contributed by atoms with Crippen LogP contribution in [-0.2, 0) is 24.5 Å². The molecule has 8 heteroatoms. The Labute approximate surface area is 240 Å². The average molecular weight is 551 g/mol. The maximum Gasteiger partial charge on any atom is 0.306 e. The molecule has 0 aliphatic rings. The fraction of sp³-hybridized carbons (Fsp3) is 0.242. The number of carboxylic acids is 1. The number of pyridine rings is 1. The second-order valence-electron chi connectivity index (χ2n) is 9.95. The molecule has 0 aliphatic carbocycles. The third-order valence-corrected chi connectivity index (χ3v) is 6.83. The molecule has 210 valence electrons. The fourth-order valence-electron chi connectivity index (χ4n) is 4.64. The van der Waals surface area contributed by atoms with Gasteiger partial charge in [-0.1, -0.05) is 48.5 Å². The Kier molecular flexibility index (Phi) is 10.1. The van der Waals surface area contributed by atoms with E-state index in [2.05, 4.69) is 58.9 Å². The normalized spacial score (nSPS) is 11.5. The molecule has 0 saturated heterocycles. The minimum absolute atomic E-state index is 0.135. The van der Waals surface area contributed by atoms with Crippen LogP contribution in [0.25, 0.3) is 11.1 Å². The Hall–Kier alpha value is -4.71. The minimum Gasteiger partial charge on any atom is -0.488 e. The van der Waals surface area contributed by atoms with E-state index in [9.17, 15) is 15.2 Å². The van der Waals surface area contributed by atoms with E-state index in [1.165, 1.54) is 28.5 Å². The van der Waals surface area contributed by atoms with Crippen LogP contribution in [0.15, 0.2) is 79.1 Å². The zero-order valence-electron chi connectivity index (χ0n) is 23.2. The summed E-state index contributed by atoms with van der Waals surface area (Å²) in [6.07, 6.45) is 1.85. The molecular formula is C33H34N4O4. The number of hydrogen-bond acceptors (Lipinski definition) is 7. The lowest BCUT2D eigenvalue weighted by atomic mass is 9.96. The van der Waals surface area contributed by atoms with Gasteiger partial charge in [0.2, 0.25) is 0 Å². The predicted octanol–water partition coefficient (Wildman–Crippen LogP) is 5.35. The van der Waals surface area contributed by atoms with E-state index in [1.54, 1.807) is 12.3 Å². The number of nitrogens with zero attached hydrogens (tertiary/aromatic N) is 2. The smallest absolute Gasteiger partial charge is 0.306 e. The lowest BCUT2D eigenvalue weighted by Crippen LogP contribution is -2.28. The van der Waals surface area contributed by atoms with Crippen molar-refractivity contribution in [2.45, 2.75) is 46.1 Å². The summed E-state index contributed by atoms with van der Waals surface area (Å²) < 4.78 is 6.21. The van der Waals surface area contributed by atoms with E-state index in [4.69, 9.17) is 9.84 Å². The van der Waals surface area contributed by atoms with Crippen molar-refractivity contribution in [2.24, 2.45) is 0 Å². The second-order valence-corrected chi connectivity index (χ2v) is 9.95.